The van der Waals surface area contributed by atoms with Gasteiger partial charge in [-0.05, 0) is 56.7 Å². The van der Waals surface area contributed by atoms with Crippen LogP contribution in [0.2, 0.25) is 0 Å². The van der Waals surface area contributed by atoms with Gasteiger partial charge in [0.05, 0.1) is 5.54 Å². The van der Waals surface area contributed by atoms with Crippen molar-refractivity contribution < 1.29 is 14.6 Å². The highest BCUT2D eigenvalue weighted by Crippen LogP contribution is 2.35. The number of nitrogens with zero attached hydrogens (tertiary/aromatic N) is 2. The van der Waals surface area contributed by atoms with Gasteiger partial charge in [0.25, 0.3) is 0 Å². The third kappa shape index (κ3) is 4.89. The van der Waals surface area contributed by atoms with Gasteiger partial charge in [-0.15, -0.1) is 0 Å². The molecule has 1 aromatic heterocycles. The molecule has 0 unspecified atom stereocenters. The zero-order chi connectivity index (χ0) is 24.5. The summed E-state index contributed by atoms with van der Waals surface area (Å²) in [4.78, 5) is 16.9. The Morgan fingerprint density at radius 3 is 2.39 bits per heavy atom. The van der Waals surface area contributed by atoms with Crippen LogP contribution in [-0.2, 0) is 29.1 Å². The summed E-state index contributed by atoms with van der Waals surface area (Å²) in [7, 11) is 1.80. The van der Waals surface area contributed by atoms with Crippen LogP contribution in [0.15, 0.2) is 35.7 Å². The van der Waals surface area contributed by atoms with Crippen molar-refractivity contribution in [1.29, 1.82) is 0 Å². The molecule has 0 aliphatic carbocycles. The normalized spacial score (nSPS) is 15.8. The molecule has 0 saturated carbocycles. The summed E-state index contributed by atoms with van der Waals surface area (Å²) >= 11 is 0. The number of ether oxygens (including phenoxy) is 1. The number of aromatic nitrogens is 1. The highest BCUT2D eigenvalue weighted by molar-refractivity contribution is 5.90. The molecular formula is C26H36N4O3. The van der Waals surface area contributed by atoms with Crippen molar-refractivity contribution in [3.05, 3.63) is 63.8 Å². The maximum Gasteiger partial charge on any atom is 0.339 e. The predicted molar refractivity (Wildman–Crippen MR) is 130 cm³/mol. The van der Waals surface area contributed by atoms with Crippen LogP contribution < -0.4 is 11.2 Å². The zero-order valence-electron chi connectivity index (χ0n) is 20.7. The van der Waals surface area contributed by atoms with Crippen molar-refractivity contribution in [3.63, 3.8) is 0 Å². The van der Waals surface area contributed by atoms with E-state index in [1.165, 1.54) is 5.56 Å². The minimum absolute atomic E-state index is 0.181. The van der Waals surface area contributed by atoms with E-state index in [1.807, 2.05) is 20.8 Å². The lowest BCUT2D eigenvalue weighted by molar-refractivity contribution is -0.133. The fourth-order valence-electron chi connectivity index (χ4n) is 4.27. The number of hydrogen-bond acceptors (Lipinski definition) is 6. The first-order valence-electron chi connectivity index (χ1n) is 11.4. The van der Waals surface area contributed by atoms with Gasteiger partial charge >= 0.3 is 5.97 Å². The number of pyridine rings is 1. The minimum atomic E-state index is -1.00. The van der Waals surface area contributed by atoms with Gasteiger partial charge in [0.1, 0.15) is 12.2 Å². The molecule has 4 N–H and O–H groups in total. The molecule has 0 atom stereocenters. The SMILES string of the molecule is Cc1ccc(-c2c(COC3=C(C(=O)O)C(C)(C)N(C)N3)c(C)nc(CC(C)C)c2CN)cc1. The van der Waals surface area contributed by atoms with Crippen LogP contribution in [0.3, 0.4) is 0 Å². The molecule has 2 heterocycles. The predicted octanol–water partition coefficient (Wildman–Crippen LogP) is 4.06. The lowest BCUT2D eigenvalue weighted by Crippen LogP contribution is -2.44. The van der Waals surface area contributed by atoms with Crippen LogP contribution in [-0.4, -0.2) is 33.7 Å². The average Bonchev–Trinajstić information content (AvgIpc) is 2.95. The van der Waals surface area contributed by atoms with E-state index in [0.717, 1.165) is 40.1 Å². The molecule has 33 heavy (non-hydrogen) atoms. The summed E-state index contributed by atoms with van der Waals surface area (Å²) < 4.78 is 6.12. The summed E-state index contributed by atoms with van der Waals surface area (Å²) in [5, 5.41) is 11.6. The van der Waals surface area contributed by atoms with Crippen LogP contribution in [0.4, 0.5) is 0 Å². The van der Waals surface area contributed by atoms with Crippen molar-refractivity contribution in [2.75, 3.05) is 7.05 Å². The molecule has 0 spiro atoms. The average molecular weight is 453 g/mol. The van der Waals surface area contributed by atoms with Crippen molar-refractivity contribution in [1.82, 2.24) is 15.4 Å². The molecule has 2 aromatic rings. The van der Waals surface area contributed by atoms with Crippen molar-refractivity contribution in [2.24, 2.45) is 11.7 Å². The number of hydrogen-bond donors (Lipinski definition) is 3. The molecule has 7 heteroatoms. The van der Waals surface area contributed by atoms with Gasteiger partial charge in [0.2, 0.25) is 5.88 Å². The molecule has 1 aliphatic rings. The molecule has 1 aliphatic heterocycles. The molecule has 0 amide bonds. The quantitative estimate of drug-likeness (QED) is 0.555. The zero-order valence-corrected chi connectivity index (χ0v) is 20.7. The summed E-state index contributed by atoms with van der Waals surface area (Å²) in [5.74, 6) is -0.306. The van der Waals surface area contributed by atoms with Crippen molar-refractivity contribution in [3.8, 4) is 11.1 Å². The maximum absolute atomic E-state index is 12.0. The van der Waals surface area contributed by atoms with Crippen LogP contribution in [0.5, 0.6) is 0 Å². The van der Waals surface area contributed by atoms with E-state index in [1.54, 1.807) is 12.1 Å². The van der Waals surface area contributed by atoms with Gasteiger partial charge in [-0.1, -0.05) is 43.7 Å². The van der Waals surface area contributed by atoms with Crippen LogP contribution in [0.25, 0.3) is 11.1 Å². The minimum Gasteiger partial charge on any atom is -0.478 e. The van der Waals surface area contributed by atoms with Gasteiger partial charge in [0, 0.05) is 30.5 Å². The summed E-state index contributed by atoms with van der Waals surface area (Å²) in [6.07, 6.45) is 0.836. The Hall–Kier alpha value is -2.90. The van der Waals surface area contributed by atoms with E-state index < -0.39 is 11.5 Å². The Morgan fingerprint density at radius 1 is 1.21 bits per heavy atom. The van der Waals surface area contributed by atoms with Crippen molar-refractivity contribution in [2.45, 2.75) is 66.7 Å². The largest absolute Gasteiger partial charge is 0.478 e. The first-order valence-corrected chi connectivity index (χ1v) is 11.4. The Kier molecular flexibility index (Phi) is 7.14. The number of nitrogens with one attached hydrogen (secondary N) is 1. The topological polar surface area (TPSA) is 101 Å². The molecule has 0 radical (unpaired) electrons. The lowest BCUT2D eigenvalue weighted by Gasteiger charge is -2.27. The lowest BCUT2D eigenvalue weighted by atomic mass is 9.90. The van der Waals surface area contributed by atoms with E-state index in [4.69, 9.17) is 15.5 Å². The third-order valence-electron chi connectivity index (χ3n) is 6.36. The van der Waals surface area contributed by atoms with Gasteiger partial charge < -0.3 is 15.6 Å². The van der Waals surface area contributed by atoms with E-state index in [9.17, 15) is 9.90 Å². The fourth-order valence-corrected chi connectivity index (χ4v) is 4.27. The van der Waals surface area contributed by atoms with Gasteiger partial charge in [-0.3, -0.25) is 10.4 Å². The first kappa shape index (κ1) is 24.7. The number of rotatable bonds is 8. The summed E-state index contributed by atoms with van der Waals surface area (Å²) in [6.45, 7) is 12.6. The van der Waals surface area contributed by atoms with Crippen LogP contribution in [0.1, 0.15) is 55.8 Å². The molecule has 0 bridgehead atoms. The maximum atomic E-state index is 12.0. The van der Waals surface area contributed by atoms with Crippen molar-refractivity contribution >= 4 is 5.97 Å². The molecule has 1 aromatic carbocycles. The molecule has 178 valence electrons. The monoisotopic (exact) mass is 452 g/mol. The Morgan fingerprint density at radius 2 is 1.85 bits per heavy atom. The first-order chi connectivity index (χ1) is 15.5. The number of benzene rings is 1. The fraction of sp³-hybridized carbons (Fsp3) is 0.462. The number of hydrazine groups is 1. The van der Waals surface area contributed by atoms with Gasteiger partial charge in [0.15, 0.2) is 0 Å². The molecule has 0 fully saturated rings. The van der Waals surface area contributed by atoms with E-state index in [2.05, 4.69) is 50.5 Å². The van der Waals surface area contributed by atoms with Crippen LogP contribution in [0, 0.1) is 19.8 Å². The number of nitrogens with two attached hydrogens (primary N) is 1. The summed E-state index contributed by atoms with van der Waals surface area (Å²) in [6, 6.07) is 8.36. The number of aryl methyl sites for hydroxylation is 2. The smallest absolute Gasteiger partial charge is 0.339 e. The second-order valence-electron chi connectivity index (χ2n) is 9.67. The van der Waals surface area contributed by atoms with Gasteiger partial charge in [-0.2, -0.15) is 0 Å². The second-order valence-corrected chi connectivity index (χ2v) is 9.67. The number of aliphatic carboxylic acids is 1. The second kappa shape index (κ2) is 9.53. The molecule has 7 nitrogen and oxygen atoms in total. The Balaban J connectivity index is 2.12. The third-order valence-corrected chi connectivity index (χ3v) is 6.36. The van der Waals surface area contributed by atoms with Gasteiger partial charge in [-0.25, -0.2) is 9.80 Å². The summed E-state index contributed by atoms with van der Waals surface area (Å²) in [5.41, 5.74) is 15.9. The molecular weight excluding hydrogens is 416 g/mol. The highest BCUT2D eigenvalue weighted by atomic mass is 16.5. The number of carboxylic acids is 1. The number of carboxylic acid groups (broad SMARTS) is 1. The Bertz CT molecular complexity index is 1070. The standard InChI is InChI=1S/C26H36N4O3/c1-15(2)12-21-19(13-27)22(18-10-8-16(3)9-11-18)20(17(4)28-21)14-33-24-23(25(31)32)26(5,6)30(7)29-24/h8-11,15,29H,12-14,27H2,1-7H3,(H,31,32). The van der Waals surface area contributed by atoms with E-state index in [0.29, 0.717) is 12.5 Å². The van der Waals surface area contributed by atoms with E-state index in [-0.39, 0.29) is 18.1 Å². The number of likely N-dealkylation sites (N-methyl/N-ethyl adjacent to an activating group) is 1. The highest BCUT2D eigenvalue weighted by Gasteiger charge is 2.43. The molecule has 3 rings (SSSR count). The number of carbonyl (C=O) groups is 1. The van der Waals surface area contributed by atoms with E-state index >= 15 is 0 Å². The Labute approximate surface area is 196 Å². The molecule has 0 saturated heterocycles. The van der Waals surface area contributed by atoms with Crippen LogP contribution >= 0.6 is 0 Å².